The fourth-order valence-corrected chi connectivity index (χ4v) is 2.72. The summed E-state index contributed by atoms with van der Waals surface area (Å²) in [6, 6.07) is -0.744. The van der Waals surface area contributed by atoms with Crippen LogP contribution in [0, 0.1) is 5.92 Å². The minimum atomic E-state index is -0.744. The third-order valence-electron chi connectivity index (χ3n) is 3.60. The van der Waals surface area contributed by atoms with Crippen LogP contribution in [0.5, 0.6) is 0 Å². The van der Waals surface area contributed by atoms with E-state index in [0.29, 0.717) is 6.54 Å². The first-order chi connectivity index (χ1) is 9.47. The third-order valence-corrected chi connectivity index (χ3v) is 3.60. The van der Waals surface area contributed by atoms with Crippen molar-refractivity contribution in [3.8, 4) is 0 Å². The normalized spacial score (nSPS) is 30.9. The van der Waals surface area contributed by atoms with Crippen LogP contribution in [0.3, 0.4) is 0 Å². The van der Waals surface area contributed by atoms with Gasteiger partial charge >= 0.3 is 0 Å². The number of fused-ring (bicyclic) bond motifs is 1. The summed E-state index contributed by atoms with van der Waals surface area (Å²) in [6.07, 6.45) is -1.34. The molecule has 0 saturated carbocycles. The van der Waals surface area contributed by atoms with E-state index in [0.717, 1.165) is 0 Å². The average molecular weight is 286 g/mol. The Labute approximate surface area is 118 Å². The Bertz CT molecular complexity index is 387. The number of hydrogen-bond acceptors (Lipinski definition) is 5. The van der Waals surface area contributed by atoms with E-state index in [9.17, 15) is 14.7 Å². The number of morpholine rings is 1. The van der Waals surface area contributed by atoms with Gasteiger partial charge in [0.1, 0.15) is 12.1 Å². The number of carbonyl (C=O) groups is 2. The number of rotatable bonds is 4. The van der Waals surface area contributed by atoms with Crippen molar-refractivity contribution < 1.29 is 24.2 Å². The Balaban J connectivity index is 2.20. The largest absolute Gasteiger partial charge is 0.394 e. The molecule has 0 bridgehead atoms. The second-order valence-electron chi connectivity index (χ2n) is 5.63. The van der Waals surface area contributed by atoms with Crippen LogP contribution in [0.4, 0.5) is 0 Å². The number of hydrogen-bond donors (Lipinski definition) is 1. The molecule has 1 N–H and O–H groups in total. The van der Waals surface area contributed by atoms with Crippen LogP contribution in [-0.2, 0) is 19.1 Å². The molecule has 7 heteroatoms. The first-order valence-corrected chi connectivity index (χ1v) is 6.85. The zero-order chi connectivity index (χ0) is 14.9. The molecule has 2 amide bonds. The van der Waals surface area contributed by atoms with Crippen molar-refractivity contribution in [3.05, 3.63) is 0 Å². The third kappa shape index (κ3) is 2.79. The van der Waals surface area contributed by atoms with Gasteiger partial charge in [0.15, 0.2) is 6.29 Å². The van der Waals surface area contributed by atoms with Gasteiger partial charge < -0.3 is 24.4 Å². The van der Waals surface area contributed by atoms with Gasteiger partial charge in [0.2, 0.25) is 11.8 Å². The van der Waals surface area contributed by atoms with E-state index >= 15 is 0 Å². The number of carbonyl (C=O) groups excluding carboxylic acids is 2. The van der Waals surface area contributed by atoms with E-state index < -0.39 is 18.4 Å². The van der Waals surface area contributed by atoms with Gasteiger partial charge in [0.05, 0.1) is 19.7 Å². The maximum atomic E-state index is 12.5. The Morgan fingerprint density at radius 1 is 1.45 bits per heavy atom. The molecule has 20 heavy (non-hydrogen) atoms. The highest BCUT2D eigenvalue weighted by molar-refractivity contribution is 5.95. The molecule has 0 aromatic heterocycles. The molecule has 0 spiro atoms. The molecule has 114 valence electrons. The minimum absolute atomic E-state index is 0.0854. The van der Waals surface area contributed by atoms with Crippen molar-refractivity contribution in [2.75, 3.05) is 33.4 Å². The second kappa shape index (κ2) is 6.07. The molecule has 0 aliphatic carbocycles. The first kappa shape index (κ1) is 15.2. The number of ether oxygens (including phenoxy) is 2. The fourth-order valence-electron chi connectivity index (χ4n) is 2.72. The SMILES string of the molecule is COC1CN2C(=O)CN(CC(C)C)C(=O)[C@@H]2[C@H](CO)O1. The molecule has 3 atom stereocenters. The van der Waals surface area contributed by atoms with E-state index in [1.165, 1.54) is 12.0 Å². The zero-order valence-electron chi connectivity index (χ0n) is 12.1. The van der Waals surface area contributed by atoms with Gasteiger partial charge in [-0.2, -0.15) is 0 Å². The summed E-state index contributed by atoms with van der Waals surface area (Å²) in [6.45, 7) is 4.49. The molecular formula is C13H22N2O5. The molecule has 0 aromatic rings. The van der Waals surface area contributed by atoms with Crippen molar-refractivity contribution in [3.63, 3.8) is 0 Å². The molecule has 2 aliphatic rings. The maximum absolute atomic E-state index is 12.5. The van der Waals surface area contributed by atoms with Crippen LogP contribution in [-0.4, -0.2) is 78.5 Å². The Morgan fingerprint density at radius 3 is 2.70 bits per heavy atom. The van der Waals surface area contributed by atoms with E-state index in [2.05, 4.69) is 0 Å². The van der Waals surface area contributed by atoms with E-state index in [4.69, 9.17) is 9.47 Å². The smallest absolute Gasteiger partial charge is 0.248 e. The number of methoxy groups -OCH3 is 1. The van der Waals surface area contributed by atoms with Crippen LogP contribution >= 0.6 is 0 Å². The van der Waals surface area contributed by atoms with Gasteiger partial charge in [-0.3, -0.25) is 9.59 Å². The lowest BCUT2D eigenvalue weighted by Crippen LogP contribution is -2.69. The Hall–Kier alpha value is -1.18. The van der Waals surface area contributed by atoms with E-state index in [1.54, 1.807) is 4.90 Å². The van der Waals surface area contributed by atoms with Gasteiger partial charge in [0.25, 0.3) is 0 Å². The fraction of sp³-hybridized carbons (Fsp3) is 0.846. The highest BCUT2D eigenvalue weighted by Gasteiger charge is 2.48. The lowest BCUT2D eigenvalue weighted by atomic mass is 10.0. The summed E-state index contributed by atoms with van der Waals surface area (Å²) in [4.78, 5) is 27.8. The molecular weight excluding hydrogens is 264 g/mol. The maximum Gasteiger partial charge on any atom is 0.248 e. The van der Waals surface area contributed by atoms with Crippen LogP contribution < -0.4 is 0 Å². The topological polar surface area (TPSA) is 79.3 Å². The average Bonchev–Trinajstić information content (AvgIpc) is 2.42. The number of aliphatic hydroxyl groups excluding tert-OH is 1. The van der Waals surface area contributed by atoms with Gasteiger partial charge in [-0.1, -0.05) is 13.8 Å². The molecule has 2 heterocycles. The van der Waals surface area contributed by atoms with E-state index in [-0.39, 0.29) is 37.4 Å². The number of piperazine rings is 1. The minimum Gasteiger partial charge on any atom is -0.394 e. The Morgan fingerprint density at radius 2 is 2.15 bits per heavy atom. The standard InChI is InChI=1S/C13H22N2O5/c1-8(2)4-14-5-10(17)15-6-11(19-3)20-9(7-16)12(15)13(14)18/h8-9,11-12,16H,4-7H2,1-3H3/t9-,11?,12-/m0/s1. The molecule has 2 aliphatic heterocycles. The predicted octanol–water partition coefficient (Wildman–Crippen LogP) is -0.955. The summed E-state index contributed by atoms with van der Waals surface area (Å²) < 4.78 is 10.6. The van der Waals surface area contributed by atoms with Gasteiger partial charge in [-0.25, -0.2) is 0 Å². The van der Waals surface area contributed by atoms with Crippen LogP contribution in [0.2, 0.25) is 0 Å². The molecule has 1 unspecified atom stereocenters. The zero-order valence-corrected chi connectivity index (χ0v) is 12.1. The number of nitrogens with zero attached hydrogens (tertiary/aromatic N) is 2. The molecule has 7 nitrogen and oxygen atoms in total. The van der Waals surface area contributed by atoms with Crippen molar-refractivity contribution in [2.24, 2.45) is 5.92 Å². The highest BCUT2D eigenvalue weighted by atomic mass is 16.7. The van der Waals surface area contributed by atoms with Gasteiger partial charge in [-0.05, 0) is 5.92 Å². The van der Waals surface area contributed by atoms with Gasteiger partial charge in [0, 0.05) is 13.7 Å². The van der Waals surface area contributed by atoms with Crippen molar-refractivity contribution in [1.82, 2.24) is 9.80 Å². The van der Waals surface area contributed by atoms with E-state index in [1.807, 2.05) is 13.8 Å². The molecule has 2 saturated heterocycles. The number of aliphatic hydroxyl groups is 1. The van der Waals surface area contributed by atoms with Crippen LogP contribution in [0.15, 0.2) is 0 Å². The summed E-state index contributed by atoms with van der Waals surface area (Å²) in [5, 5.41) is 9.43. The predicted molar refractivity (Wildman–Crippen MR) is 69.7 cm³/mol. The Kier molecular flexibility index (Phi) is 4.62. The summed E-state index contributed by atoms with van der Waals surface area (Å²) in [5.74, 6) is -0.00642. The second-order valence-corrected chi connectivity index (χ2v) is 5.63. The lowest BCUT2D eigenvalue weighted by molar-refractivity contribution is -0.231. The summed E-state index contributed by atoms with van der Waals surface area (Å²) >= 11 is 0. The van der Waals surface area contributed by atoms with Crippen molar-refractivity contribution in [1.29, 1.82) is 0 Å². The molecule has 2 fully saturated rings. The van der Waals surface area contributed by atoms with Crippen LogP contribution in [0.25, 0.3) is 0 Å². The molecule has 0 radical (unpaired) electrons. The lowest BCUT2D eigenvalue weighted by Gasteiger charge is -2.47. The highest BCUT2D eigenvalue weighted by Crippen LogP contribution is 2.25. The van der Waals surface area contributed by atoms with Crippen molar-refractivity contribution >= 4 is 11.8 Å². The van der Waals surface area contributed by atoms with Crippen LogP contribution in [0.1, 0.15) is 13.8 Å². The molecule has 2 rings (SSSR count). The monoisotopic (exact) mass is 286 g/mol. The summed E-state index contributed by atoms with van der Waals surface area (Å²) in [5.41, 5.74) is 0. The van der Waals surface area contributed by atoms with Crippen molar-refractivity contribution in [2.45, 2.75) is 32.3 Å². The number of amides is 2. The quantitative estimate of drug-likeness (QED) is 0.720. The summed E-state index contributed by atoms with van der Waals surface area (Å²) in [7, 11) is 1.47. The molecule has 0 aromatic carbocycles. The van der Waals surface area contributed by atoms with Gasteiger partial charge in [-0.15, -0.1) is 0 Å². The first-order valence-electron chi connectivity index (χ1n) is 6.85.